The third-order valence-corrected chi connectivity index (χ3v) is 14.2. The standard InChI is InChI=1S/C4H8S2Se2/c1-4(6)3(5)2-7-8-4/h3,5-6H,2H2,1H3. The molecule has 0 aliphatic carbocycles. The first-order chi connectivity index (χ1) is 3.63. The van der Waals surface area contributed by atoms with Crippen LogP contribution in [0, 0.1) is 0 Å². The molecule has 1 aliphatic heterocycles. The summed E-state index contributed by atoms with van der Waals surface area (Å²) in [7, 11) is 0. The van der Waals surface area contributed by atoms with Crippen molar-refractivity contribution in [3.8, 4) is 0 Å². The molecule has 8 heavy (non-hydrogen) atoms. The number of rotatable bonds is 0. The second-order valence-electron chi connectivity index (χ2n) is 1.94. The van der Waals surface area contributed by atoms with Gasteiger partial charge in [0, 0.05) is 0 Å². The molecule has 0 nitrogen and oxygen atoms in total. The zero-order valence-electron chi connectivity index (χ0n) is 4.50. The number of thiol groups is 2. The van der Waals surface area contributed by atoms with E-state index in [0.29, 0.717) is 8.90 Å². The third-order valence-electron chi connectivity index (χ3n) is 1.07. The van der Waals surface area contributed by atoms with Gasteiger partial charge in [0.2, 0.25) is 0 Å². The molecule has 0 aromatic rings. The Morgan fingerprint density at radius 2 is 2.38 bits per heavy atom. The molecule has 1 rings (SSSR count). The Morgan fingerprint density at radius 3 is 2.50 bits per heavy atom. The first kappa shape index (κ1) is 7.84. The van der Waals surface area contributed by atoms with Crippen molar-refractivity contribution in [2.75, 3.05) is 0 Å². The molecule has 2 atom stereocenters. The average molecular weight is 278 g/mol. The predicted octanol–water partition coefficient (Wildman–Crippen LogP) is 0.686. The second-order valence-corrected chi connectivity index (χ2v) is 11.9. The van der Waals surface area contributed by atoms with E-state index in [0.717, 1.165) is 26.3 Å². The van der Waals surface area contributed by atoms with Gasteiger partial charge in [0.25, 0.3) is 0 Å². The van der Waals surface area contributed by atoms with Crippen LogP contribution < -0.4 is 0 Å². The molecular formula is C4H8S2Se2. The molecule has 0 aromatic carbocycles. The van der Waals surface area contributed by atoms with Crippen molar-refractivity contribution in [3.05, 3.63) is 0 Å². The van der Waals surface area contributed by atoms with Crippen LogP contribution in [0.2, 0.25) is 5.32 Å². The van der Waals surface area contributed by atoms with Crippen LogP contribution in [0.5, 0.6) is 0 Å². The first-order valence-electron chi connectivity index (χ1n) is 2.34. The Hall–Kier alpha value is 1.74. The Balaban J connectivity index is 2.54. The van der Waals surface area contributed by atoms with Gasteiger partial charge in [-0.25, -0.2) is 0 Å². The van der Waals surface area contributed by atoms with Crippen molar-refractivity contribution in [1.29, 1.82) is 0 Å². The van der Waals surface area contributed by atoms with Gasteiger partial charge >= 0.3 is 72.7 Å². The Kier molecular flexibility index (Phi) is 2.72. The van der Waals surface area contributed by atoms with Crippen molar-refractivity contribution in [3.63, 3.8) is 0 Å². The molecule has 0 aromatic heterocycles. The molecule has 1 aliphatic rings. The van der Waals surface area contributed by atoms with Gasteiger partial charge in [-0.15, -0.1) is 0 Å². The molecule has 1 saturated heterocycles. The van der Waals surface area contributed by atoms with Crippen LogP contribution in [0.4, 0.5) is 0 Å². The summed E-state index contributed by atoms with van der Waals surface area (Å²) in [4.78, 5) is 0. The fourth-order valence-corrected chi connectivity index (χ4v) is 13.5. The SMILES string of the molecule is CC1(S)[Se][Se]CC1S. The van der Waals surface area contributed by atoms with Gasteiger partial charge in [0.1, 0.15) is 0 Å². The predicted molar refractivity (Wildman–Crippen MR) is 46.5 cm³/mol. The molecule has 1 heterocycles. The Morgan fingerprint density at radius 1 is 1.75 bits per heavy atom. The van der Waals surface area contributed by atoms with E-state index >= 15 is 0 Å². The first-order valence-corrected chi connectivity index (χ1v) is 9.70. The molecule has 0 amide bonds. The van der Waals surface area contributed by atoms with E-state index in [2.05, 4.69) is 32.2 Å². The monoisotopic (exact) mass is 280 g/mol. The summed E-state index contributed by atoms with van der Waals surface area (Å²) in [6, 6.07) is 0. The van der Waals surface area contributed by atoms with Crippen LogP contribution in [-0.2, 0) is 0 Å². The second kappa shape index (κ2) is 2.77. The summed E-state index contributed by atoms with van der Waals surface area (Å²) in [6.45, 7) is 2.21. The maximum absolute atomic E-state index is 4.51. The molecule has 0 N–H and O–H groups in total. The van der Waals surface area contributed by atoms with E-state index in [-0.39, 0.29) is 0 Å². The fraction of sp³-hybridized carbons (Fsp3) is 1.00. The molecular weight excluding hydrogens is 270 g/mol. The summed E-state index contributed by atoms with van der Waals surface area (Å²) in [5, 5.41) is 1.90. The summed E-state index contributed by atoms with van der Waals surface area (Å²) < 4.78 is 0.302. The molecule has 0 saturated carbocycles. The van der Waals surface area contributed by atoms with Crippen molar-refractivity contribution in [2.45, 2.75) is 21.1 Å². The van der Waals surface area contributed by atoms with Gasteiger partial charge in [-0.3, -0.25) is 0 Å². The molecule has 48 valence electrons. The van der Waals surface area contributed by atoms with Crippen LogP contribution in [-0.4, -0.2) is 35.2 Å². The Bertz CT molecular complexity index is 94.0. The minimum atomic E-state index is 0.302. The summed E-state index contributed by atoms with van der Waals surface area (Å²) in [6.07, 6.45) is 0. The molecule has 0 radical (unpaired) electrons. The van der Waals surface area contributed by atoms with Gasteiger partial charge in [-0.05, 0) is 0 Å². The summed E-state index contributed by atoms with van der Waals surface area (Å²) >= 11 is 10.6. The van der Waals surface area contributed by atoms with Crippen molar-refractivity contribution >= 4 is 51.5 Å². The van der Waals surface area contributed by atoms with E-state index in [4.69, 9.17) is 0 Å². The van der Waals surface area contributed by atoms with Gasteiger partial charge in [-0.1, -0.05) is 0 Å². The van der Waals surface area contributed by atoms with Crippen LogP contribution in [0.3, 0.4) is 0 Å². The summed E-state index contributed by atoms with van der Waals surface area (Å²) in [5.74, 6) is 0. The van der Waals surface area contributed by atoms with E-state index in [1.165, 1.54) is 5.32 Å². The van der Waals surface area contributed by atoms with Gasteiger partial charge in [0.15, 0.2) is 0 Å². The average Bonchev–Trinajstić information content (AvgIpc) is 1.86. The maximum atomic E-state index is 4.51. The van der Waals surface area contributed by atoms with Crippen LogP contribution in [0.1, 0.15) is 6.92 Å². The number of hydrogen-bond acceptors (Lipinski definition) is 2. The molecule has 1 fully saturated rings. The zero-order chi connectivity index (χ0) is 6.20. The quantitative estimate of drug-likeness (QED) is 0.473. The normalized spacial score (nSPS) is 47.6. The molecule has 0 bridgehead atoms. The zero-order valence-corrected chi connectivity index (χ0v) is 9.71. The third kappa shape index (κ3) is 1.62. The topological polar surface area (TPSA) is 0 Å². The number of hydrogen-bond donors (Lipinski definition) is 2. The fourth-order valence-electron chi connectivity index (χ4n) is 0.428. The van der Waals surface area contributed by atoms with Gasteiger partial charge in [0.05, 0.1) is 0 Å². The van der Waals surface area contributed by atoms with Crippen LogP contribution >= 0.6 is 25.3 Å². The van der Waals surface area contributed by atoms with E-state index in [1.54, 1.807) is 0 Å². The van der Waals surface area contributed by atoms with E-state index in [1.807, 2.05) is 0 Å². The van der Waals surface area contributed by atoms with Gasteiger partial charge < -0.3 is 0 Å². The van der Waals surface area contributed by atoms with Crippen LogP contribution in [0.25, 0.3) is 0 Å². The molecule has 2 unspecified atom stereocenters. The summed E-state index contributed by atoms with van der Waals surface area (Å²) in [5.41, 5.74) is 0. The molecule has 0 spiro atoms. The van der Waals surface area contributed by atoms with Crippen molar-refractivity contribution in [1.82, 2.24) is 0 Å². The molecule has 4 heteroatoms. The van der Waals surface area contributed by atoms with Crippen LogP contribution in [0.15, 0.2) is 0 Å². The van der Waals surface area contributed by atoms with Crippen molar-refractivity contribution in [2.24, 2.45) is 0 Å². The Labute approximate surface area is 72.3 Å². The van der Waals surface area contributed by atoms with E-state index in [9.17, 15) is 0 Å². The van der Waals surface area contributed by atoms with E-state index < -0.39 is 0 Å². The van der Waals surface area contributed by atoms with Crippen molar-refractivity contribution < 1.29 is 0 Å². The minimum absolute atomic E-state index is 0.302. The van der Waals surface area contributed by atoms with Gasteiger partial charge in [-0.2, -0.15) is 0 Å².